The number of thiazole rings is 1. The van der Waals surface area contributed by atoms with Crippen LogP contribution in [0.4, 0.5) is 5.69 Å². The van der Waals surface area contributed by atoms with Gasteiger partial charge in [0.2, 0.25) is 0 Å². The van der Waals surface area contributed by atoms with Gasteiger partial charge < -0.3 is 9.47 Å². The van der Waals surface area contributed by atoms with Gasteiger partial charge in [0.15, 0.2) is 6.61 Å². The van der Waals surface area contributed by atoms with Crippen LogP contribution >= 0.6 is 11.3 Å². The van der Waals surface area contributed by atoms with Gasteiger partial charge in [0, 0.05) is 17.4 Å². The van der Waals surface area contributed by atoms with Crippen LogP contribution in [0.5, 0.6) is 5.75 Å². The van der Waals surface area contributed by atoms with E-state index in [1.165, 1.54) is 10.5 Å². The molecule has 4 rings (SSSR count). The number of benzene rings is 2. The molecule has 2 heterocycles. The SMILES string of the molecule is CC(C)OC(=O)C(C)N1C(=O)COc2ccc(-c3csc(Cc4ccccc4)n3)cc21. The molecule has 1 aliphatic rings. The Morgan fingerprint density at radius 2 is 1.97 bits per heavy atom. The van der Waals surface area contributed by atoms with Crippen molar-refractivity contribution in [1.82, 2.24) is 4.98 Å². The molecule has 3 aromatic rings. The molecule has 2 aromatic carbocycles. The van der Waals surface area contributed by atoms with Crippen molar-refractivity contribution in [3.63, 3.8) is 0 Å². The molecule has 1 amide bonds. The number of hydrogen-bond acceptors (Lipinski definition) is 6. The molecule has 0 radical (unpaired) electrons. The molecule has 7 heteroatoms. The van der Waals surface area contributed by atoms with Crippen molar-refractivity contribution in [2.24, 2.45) is 0 Å². The predicted octanol–water partition coefficient (Wildman–Crippen LogP) is 4.47. The van der Waals surface area contributed by atoms with Gasteiger partial charge in [0.25, 0.3) is 5.91 Å². The lowest BCUT2D eigenvalue weighted by atomic mass is 10.1. The van der Waals surface area contributed by atoms with Crippen molar-refractivity contribution in [2.75, 3.05) is 11.5 Å². The fraction of sp³-hybridized carbons (Fsp3) is 0.292. The first-order chi connectivity index (χ1) is 14.9. The molecular formula is C24H24N2O4S. The molecule has 1 aliphatic heterocycles. The van der Waals surface area contributed by atoms with Crippen LogP contribution in [0, 0.1) is 0 Å². The summed E-state index contributed by atoms with van der Waals surface area (Å²) in [5.41, 5.74) is 3.45. The molecule has 1 unspecified atom stereocenters. The maximum Gasteiger partial charge on any atom is 0.329 e. The van der Waals surface area contributed by atoms with E-state index in [4.69, 9.17) is 14.5 Å². The first-order valence-electron chi connectivity index (χ1n) is 10.2. The summed E-state index contributed by atoms with van der Waals surface area (Å²) in [4.78, 5) is 31.3. The van der Waals surface area contributed by atoms with Crippen LogP contribution in [0.25, 0.3) is 11.3 Å². The van der Waals surface area contributed by atoms with E-state index in [9.17, 15) is 9.59 Å². The van der Waals surface area contributed by atoms with Crippen molar-refractivity contribution in [3.05, 3.63) is 64.5 Å². The number of nitrogens with zero attached hydrogens (tertiary/aromatic N) is 2. The summed E-state index contributed by atoms with van der Waals surface area (Å²) in [6, 6.07) is 15.0. The van der Waals surface area contributed by atoms with Crippen molar-refractivity contribution in [2.45, 2.75) is 39.3 Å². The van der Waals surface area contributed by atoms with Crippen molar-refractivity contribution < 1.29 is 19.1 Å². The summed E-state index contributed by atoms with van der Waals surface area (Å²) < 4.78 is 10.9. The molecule has 1 aromatic heterocycles. The van der Waals surface area contributed by atoms with Gasteiger partial charge in [0.05, 0.1) is 22.5 Å². The summed E-state index contributed by atoms with van der Waals surface area (Å²) in [7, 11) is 0. The maximum absolute atomic E-state index is 12.6. The van der Waals surface area contributed by atoms with E-state index in [1.807, 2.05) is 41.8 Å². The lowest BCUT2D eigenvalue weighted by molar-refractivity contribution is -0.149. The molecule has 0 N–H and O–H groups in total. The number of anilines is 1. The number of carbonyl (C=O) groups excluding carboxylic acids is 2. The smallest absolute Gasteiger partial charge is 0.329 e. The zero-order chi connectivity index (χ0) is 22.0. The predicted molar refractivity (Wildman–Crippen MR) is 120 cm³/mol. The van der Waals surface area contributed by atoms with Crippen LogP contribution in [0.2, 0.25) is 0 Å². The Balaban J connectivity index is 1.62. The molecule has 0 saturated heterocycles. The van der Waals surface area contributed by atoms with E-state index >= 15 is 0 Å². The summed E-state index contributed by atoms with van der Waals surface area (Å²) in [6.45, 7) is 5.13. The summed E-state index contributed by atoms with van der Waals surface area (Å²) in [5, 5.41) is 3.02. The minimum atomic E-state index is -0.753. The summed E-state index contributed by atoms with van der Waals surface area (Å²) in [6.07, 6.45) is 0.511. The first kappa shape index (κ1) is 21.1. The fourth-order valence-electron chi connectivity index (χ4n) is 3.49. The third-order valence-electron chi connectivity index (χ3n) is 4.96. The zero-order valence-electron chi connectivity index (χ0n) is 17.7. The topological polar surface area (TPSA) is 68.7 Å². The zero-order valence-corrected chi connectivity index (χ0v) is 18.5. The maximum atomic E-state index is 12.6. The third kappa shape index (κ3) is 4.61. The van der Waals surface area contributed by atoms with Gasteiger partial charge in [-0.1, -0.05) is 30.3 Å². The van der Waals surface area contributed by atoms with E-state index in [0.29, 0.717) is 11.4 Å². The normalized spacial score (nSPS) is 14.2. The van der Waals surface area contributed by atoms with Crippen LogP contribution in [0.1, 0.15) is 31.3 Å². The Morgan fingerprint density at radius 1 is 1.19 bits per heavy atom. The molecule has 0 aliphatic carbocycles. The lowest BCUT2D eigenvalue weighted by Crippen LogP contribution is -2.49. The largest absolute Gasteiger partial charge is 0.482 e. The molecule has 0 saturated carbocycles. The Kier molecular flexibility index (Phi) is 6.04. The number of esters is 1. The molecule has 6 nitrogen and oxygen atoms in total. The highest BCUT2D eigenvalue weighted by Gasteiger charge is 2.34. The van der Waals surface area contributed by atoms with Gasteiger partial charge >= 0.3 is 5.97 Å². The summed E-state index contributed by atoms with van der Waals surface area (Å²) >= 11 is 1.60. The van der Waals surface area contributed by atoms with Gasteiger partial charge in [-0.3, -0.25) is 9.69 Å². The Labute approximate surface area is 185 Å². The number of fused-ring (bicyclic) bond motifs is 1. The fourth-order valence-corrected chi connectivity index (χ4v) is 4.32. The van der Waals surface area contributed by atoms with Crippen LogP contribution in [0.3, 0.4) is 0 Å². The van der Waals surface area contributed by atoms with Gasteiger partial charge in [-0.25, -0.2) is 9.78 Å². The molecule has 0 spiro atoms. The minimum Gasteiger partial charge on any atom is -0.482 e. The van der Waals surface area contributed by atoms with E-state index in [0.717, 1.165) is 22.7 Å². The molecule has 0 bridgehead atoms. The highest BCUT2D eigenvalue weighted by atomic mass is 32.1. The highest BCUT2D eigenvalue weighted by Crippen LogP contribution is 2.37. The van der Waals surface area contributed by atoms with Gasteiger partial charge in [-0.2, -0.15) is 0 Å². The Morgan fingerprint density at radius 3 is 2.71 bits per heavy atom. The quantitative estimate of drug-likeness (QED) is 0.534. The standard InChI is InChI=1S/C24H24N2O4S/c1-15(2)30-24(28)16(3)26-20-12-18(9-10-21(20)29-13-23(26)27)19-14-31-22(25-19)11-17-7-5-4-6-8-17/h4-10,12,14-16H,11,13H2,1-3H3. The highest BCUT2D eigenvalue weighted by molar-refractivity contribution is 7.10. The van der Waals surface area contributed by atoms with Crippen molar-refractivity contribution in [1.29, 1.82) is 0 Å². The van der Waals surface area contributed by atoms with E-state index in [1.54, 1.807) is 32.1 Å². The number of aromatic nitrogens is 1. The second-order valence-electron chi connectivity index (χ2n) is 7.69. The van der Waals surface area contributed by atoms with Crippen LogP contribution in [0.15, 0.2) is 53.9 Å². The number of carbonyl (C=O) groups is 2. The Hall–Kier alpha value is -3.19. The van der Waals surface area contributed by atoms with Gasteiger partial charge in [-0.15, -0.1) is 11.3 Å². The second-order valence-corrected chi connectivity index (χ2v) is 8.63. The molecule has 1 atom stereocenters. The monoisotopic (exact) mass is 436 g/mol. The molecule has 160 valence electrons. The van der Waals surface area contributed by atoms with E-state index in [2.05, 4.69) is 12.1 Å². The van der Waals surface area contributed by atoms with Crippen LogP contribution in [-0.2, 0) is 20.7 Å². The third-order valence-corrected chi connectivity index (χ3v) is 5.81. The number of ether oxygens (including phenoxy) is 2. The van der Waals surface area contributed by atoms with Gasteiger partial charge in [-0.05, 0) is 44.5 Å². The first-order valence-corrected chi connectivity index (χ1v) is 11.1. The van der Waals surface area contributed by atoms with Crippen LogP contribution in [-0.4, -0.2) is 35.6 Å². The number of hydrogen-bond donors (Lipinski definition) is 0. The number of rotatable bonds is 6. The average molecular weight is 437 g/mol. The Bertz CT molecular complexity index is 1090. The van der Waals surface area contributed by atoms with E-state index in [-0.39, 0.29) is 18.6 Å². The lowest BCUT2D eigenvalue weighted by Gasteiger charge is -2.33. The van der Waals surface area contributed by atoms with Gasteiger partial charge in [0.1, 0.15) is 11.8 Å². The molecule has 0 fully saturated rings. The van der Waals surface area contributed by atoms with Crippen molar-refractivity contribution in [3.8, 4) is 17.0 Å². The number of amides is 1. The minimum absolute atomic E-state index is 0.108. The average Bonchev–Trinajstić information content (AvgIpc) is 3.21. The molecule has 31 heavy (non-hydrogen) atoms. The van der Waals surface area contributed by atoms with E-state index < -0.39 is 12.0 Å². The summed E-state index contributed by atoms with van der Waals surface area (Å²) in [5.74, 6) is -0.159. The molecular weight excluding hydrogens is 412 g/mol. The van der Waals surface area contributed by atoms with Crippen molar-refractivity contribution >= 4 is 28.9 Å². The van der Waals surface area contributed by atoms with Crippen LogP contribution < -0.4 is 9.64 Å². The second kappa shape index (κ2) is 8.89.